The third kappa shape index (κ3) is 7.19. The lowest BCUT2D eigenvalue weighted by Crippen LogP contribution is -2.39. The second-order valence-electron chi connectivity index (χ2n) is 5.31. The highest BCUT2D eigenvalue weighted by Gasteiger charge is 2.14. The summed E-state index contributed by atoms with van der Waals surface area (Å²) in [6, 6.07) is -0.390. The number of rotatable bonds is 6. The molecule has 5 heteroatoms. The second-order valence-corrected chi connectivity index (χ2v) is 5.31. The smallest absolute Gasteiger partial charge is 0.236 e. The van der Waals surface area contributed by atoms with E-state index in [2.05, 4.69) is 17.1 Å². The molecule has 0 aliphatic carbocycles. The lowest BCUT2D eigenvalue weighted by molar-refractivity contribution is -0.121. The molecule has 18 heavy (non-hydrogen) atoms. The maximum atomic E-state index is 11.2. The number of carbonyl (C=O) groups is 1. The molecule has 1 amide bonds. The molecule has 0 saturated carbocycles. The average Bonchev–Trinajstić information content (AvgIpc) is 2.30. The molecule has 1 unspecified atom stereocenters. The molecule has 0 spiro atoms. The number of hydrogen-bond donors (Lipinski definition) is 2. The van der Waals surface area contributed by atoms with E-state index in [-0.39, 0.29) is 18.3 Å². The van der Waals surface area contributed by atoms with Crippen molar-refractivity contribution in [2.75, 3.05) is 26.2 Å². The lowest BCUT2D eigenvalue weighted by atomic mass is 9.99. The Morgan fingerprint density at radius 1 is 1.39 bits per heavy atom. The van der Waals surface area contributed by atoms with Gasteiger partial charge in [-0.15, -0.1) is 12.4 Å². The summed E-state index contributed by atoms with van der Waals surface area (Å²) in [5, 5.41) is 2.84. The molecule has 0 aromatic rings. The summed E-state index contributed by atoms with van der Waals surface area (Å²) in [6.45, 7) is 8.46. The molecular weight excluding hydrogens is 250 g/mol. The number of nitrogens with one attached hydrogen (secondary N) is 1. The summed E-state index contributed by atoms with van der Waals surface area (Å²) >= 11 is 0. The number of likely N-dealkylation sites (tertiary alicyclic amines) is 1. The fraction of sp³-hybridized carbons (Fsp3) is 0.923. The summed E-state index contributed by atoms with van der Waals surface area (Å²) in [5.74, 6) is 0.855. The van der Waals surface area contributed by atoms with Gasteiger partial charge in [0.25, 0.3) is 0 Å². The van der Waals surface area contributed by atoms with Crippen LogP contribution in [0.3, 0.4) is 0 Å². The summed E-state index contributed by atoms with van der Waals surface area (Å²) in [7, 11) is 0. The van der Waals surface area contributed by atoms with Gasteiger partial charge in [0, 0.05) is 6.54 Å². The van der Waals surface area contributed by atoms with Gasteiger partial charge in [0.2, 0.25) is 5.91 Å². The van der Waals surface area contributed by atoms with Crippen LogP contribution in [0.2, 0.25) is 0 Å². The number of halogens is 1. The van der Waals surface area contributed by atoms with E-state index in [1.54, 1.807) is 6.92 Å². The number of unbranched alkanes of at least 4 members (excludes halogenated alkanes) is 1. The summed E-state index contributed by atoms with van der Waals surface area (Å²) < 4.78 is 0. The molecule has 4 nitrogen and oxygen atoms in total. The molecule has 1 saturated heterocycles. The molecule has 1 heterocycles. The Morgan fingerprint density at radius 3 is 2.56 bits per heavy atom. The van der Waals surface area contributed by atoms with E-state index >= 15 is 0 Å². The van der Waals surface area contributed by atoms with Crippen LogP contribution in [0.1, 0.15) is 39.5 Å². The van der Waals surface area contributed by atoms with Crippen LogP contribution >= 0.6 is 12.4 Å². The number of hydrogen-bond acceptors (Lipinski definition) is 3. The Balaban J connectivity index is 0.00000289. The quantitative estimate of drug-likeness (QED) is 0.722. The summed E-state index contributed by atoms with van der Waals surface area (Å²) in [5.41, 5.74) is 5.46. The third-order valence-corrected chi connectivity index (χ3v) is 3.49. The zero-order valence-corrected chi connectivity index (χ0v) is 12.5. The molecule has 1 aliphatic rings. The molecule has 1 aliphatic heterocycles. The van der Waals surface area contributed by atoms with Gasteiger partial charge in [0.15, 0.2) is 0 Å². The van der Waals surface area contributed by atoms with Gasteiger partial charge in [-0.25, -0.2) is 0 Å². The summed E-state index contributed by atoms with van der Waals surface area (Å²) in [4.78, 5) is 13.7. The first kappa shape index (κ1) is 17.7. The van der Waals surface area contributed by atoms with E-state index in [0.717, 1.165) is 25.3 Å². The Kier molecular flexibility index (Phi) is 9.42. The van der Waals surface area contributed by atoms with Crippen molar-refractivity contribution in [2.24, 2.45) is 11.7 Å². The zero-order chi connectivity index (χ0) is 12.7. The van der Waals surface area contributed by atoms with Crippen LogP contribution in [-0.4, -0.2) is 43.0 Å². The van der Waals surface area contributed by atoms with Crippen molar-refractivity contribution in [3.63, 3.8) is 0 Å². The Morgan fingerprint density at radius 2 is 2.00 bits per heavy atom. The van der Waals surface area contributed by atoms with Crippen LogP contribution in [0.25, 0.3) is 0 Å². The molecule has 0 aromatic heterocycles. The minimum absolute atomic E-state index is 0. The van der Waals surface area contributed by atoms with Gasteiger partial charge in [-0.1, -0.05) is 6.92 Å². The fourth-order valence-electron chi connectivity index (χ4n) is 2.12. The SMILES string of the molecule is CC1CCN(CCCCNC(=O)C(C)N)CC1.Cl. The van der Waals surface area contributed by atoms with Gasteiger partial charge < -0.3 is 16.0 Å². The highest BCUT2D eigenvalue weighted by Crippen LogP contribution is 2.15. The monoisotopic (exact) mass is 277 g/mol. The number of amides is 1. The topological polar surface area (TPSA) is 58.4 Å². The van der Waals surface area contributed by atoms with E-state index < -0.39 is 6.04 Å². The highest BCUT2D eigenvalue weighted by atomic mass is 35.5. The van der Waals surface area contributed by atoms with Gasteiger partial charge in [-0.2, -0.15) is 0 Å². The number of piperidine rings is 1. The first-order chi connectivity index (χ1) is 8.09. The Labute approximate surface area is 117 Å². The maximum absolute atomic E-state index is 11.2. The van der Waals surface area contributed by atoms with Crippen molar-refractivity contribution in [1.82, 2.24) is 10.2 Å². The molecule has 1 rings (SSSR count). The molecule has 108 valence electrons. The molecule has 3 N–H and O–H groups in total. The highest BCUT2D eigenvalue weighted by molar-refractivity contribution is 5.85. The van der Waals surface area contributed by atoms with Gasteiger partial charge in [0.05, 0.1) is 6.04 Å². The molecular formula is C13H28ClN3O. The third-order valence-electron chi connectivity index (χ3n) is 3.49. The Bertz CT molecular complexity index is 228. The normalized spacial score (nSPS) is 19.1. The predicted octanol–water partition coefficient (Wildman–Crippen LogP) is 1.38. The second kappa shape index (κ2) is 9.59. The van der Waals surface area contributed by atoms with E-state index in [1.165, 1.54) is 32.5 Å². The van der Waals surface area contributed by atoms with Crippen LogP contribution in [-0.2, 0) is 4.79 Å². The molecule has 1 fully saturated rings. The molecule has 0 bridgehead atoms. The van der Waals surface area contributed by atoms with Gasteiger partial charge in [0.1, 0.15) is 0 Å². The largest absolute Gasteiger partial charge is 0.355 e. The van der Waals surface area contributed by atoms with Gasteiger partial charge >= 0.3 is 0 Å². The van der Waals surface area contributed by atoms with Crippen LogP contribution in [0.5, 0.6) is 0 Å². The molecule has 1 atom stereocenters. The number of nitrogens with two attached hydrogens (primary N) is 1. The number of nitrogens with zero attached hydrogens (tertiary/aromatic N) is 1. The fourth-order valence-corrected chi connectivity index (χ4v) is 2.12. The number of carbonyl (C=O) groups excluding carboxylic acids is 1. The van der Waals surface area contributed by atoms with E-state index in [0.29, 0.717) is 0 Å². The maximum Gasteiger partial charge on any atom is 0.236 e. The van der Waals surface area contributed by atoms with Crippen molar-refractivity contribution in [3.05, 3.63) is 0 Å². The van der Waals surface area contributed by atoms with E-state index in [4.69, 9.17) is 5.73 Å². The summed E-state index contributed by atoms with van der Waals surface area (Å²) in [6.07, 6.45) is 4.88. The van der Waals surface area contributed by atoms with Gasteiger partial charge in [-0.3, -0.25) is 4.79 Å². The van der Waals surface area contributed by atoms with Crippen molar-refractivity contribution >= 4 is 18.3 Å². The Hall–Kier alpha value is -0.320. The lowest BCUT2D eigenvalue weighted by Gasteiger charge is -2.30. The van der Waals surface area contributed by atoms with Crippen molar-refractivity contribution in [1.29, 1.82) is 0 Å². The van der Waals surface area contributed by atoms with Crippen LogP contribution in [0.4, 0.5) is 0 Å². The minimum atomic E-state index is -0.390. The van der Waals surface area contributed by atoms with E-state index in [9.17, 15) is 4.79 Å². The van der Waals surface area contributed by atoms with Crippen molar-refractivity contribution in [2.45, 2.75) is 45.6 Å². The first-order valence-corrected chi connectivity index (χ1v) is 6.85. The standard InChI is InChI=1S/C13H27N3O.ClH/c1-11-5-9-16(10-6-11)8-4-3-7-15-13(17)12(2)14;/h11-12H,3-10,14H2,1-2H3,(H,15,17);1H. The van der Waals surface area contributed by atoms with Crippen LogP contribution < -0.4 is 11.1 Å². The molecule has 0 aromatic carbocycles. The average molecular weight is 278 g/mol. The van der Waals surface area contributed by atoms with Crippen LogP contribution in [0.15, 0.2) is 0 Å². The molecule has 0 radical (unpaired) electrons. The van der Waals surface area contributed by atoms with Crippen LogP contribution in [0, 0.1) is 5.92 Å². The van der Waals surface area contributed by atoms with E-state index in [1.807, 2.05) is 0 Å². The minimum Gasteiger partial charge on any atom is -0.355 e. The van der Waals surface area contributed by atoms with Gasteiger partial charge in [-0.05, 0) is 58.2 Å². The first-order valence-electron chi connectivity index (χ1n) is 6.85. The zero-order valence-electron chi connectivity index (χ0n) is 11.7. The van der Waals surface area contributed by atoms with Crippen molar-refractivity contribution in [3.8, 4) is 0 Å². The predicted molar refractivity (Wildman–Crippen MR) is 78.0 cm³/mol. The van der Waals surface area contributed by atoms with Crippen molar-refractivity contribution < 1.29 is 4.79 Å².